The number of amides is 1. The Morgan fingerprint density at radius 1 is 1.22 bits per heavy atom. The zero-order valence-electron chi connectivity index (χ0n) is 12.0. The number of hydrogen-bond acceptors (Lipinski definition) is 3. The number of carbonyl (C=O) groups excluding carboxylic acids is 1. The quantitative estimate of drug-likeness (QED) is 0.725. The van der Waals surface area contributed by atoms with Crippen molar-refractivity contribution in [1.82, 2.24) is 9.78 Å². The molecule has 23 heavy (non-hydrogen) atoms. The summed E-state index contributed by atoms with van der Waals surface area (Å²) < 4.78 is 1.96. The van der Waals surface area contributed by atoms with Gasteiger partial charge in [-0.2, -0.15) is 5.10 Å². The summed E-state index contributed by atoms with van der Waals surface area (Å²) in [6.07, 6.45) is 0. The van der Waals surface area contributed by atoms with Crippen molar-refractivity contribution in [3.05, 3.63) is 68.0 Å². The first kappa shape index (κ1) is 15.7. The van der Waals surface area contributed by atoms with E-state index in [1.165, 1.54) is 7.05 Å². The maximum Gasteiger partial charge on any atom is 0.276 e. The summed E-state index contributed by atoms with van der Waals surface area (Å²) in [6, 6.07) is 12.0. The summed E-state index contributed by atoms with van der Waals surface area (Å²) in [7, 11) is 1.51. The average Bonchev–Trinajstić information content (AvgIpc) is 2.53. The molecule has 0 fully saturated rings. The van der Waals surface area contributed by atoms with Crippen molar-refractivity contribution in [3.63, 3.8) is 0 Å². The Bertz CT molecular complexity index is 985. The first-order valence-electron chi connectivity index (χ1n) is 6.70. The van der Waals surface area contributed by atoms with Crippen LogP contribution in [0.5, 0.6) is 0 Å². The molecule has 0 saturated heterocycles. The molecule has 0 bridgehead atoms. The van der Waals surface area contributed by atoms with E-state index >= 15 is 0 Å². The Hall–Kier alpha value is -2.18. The topological polar surface area (TPSA) is 64.0 Å². The van der Waals surface area contributed by atoms with E-state index in [4.69, 9.17) is 11.6 Å². The van der Waals surface area contributed by atoms with Crippen LogP contribution < -0.4 is 10.9 Å². The van der Waals surface area contributed by atoms with Crippen LogP contribution in [-0.4, -0.2) is 15.7 Å². The van der Waals surface area contributed by atoms with Crippen LogP contribution in [0.3, 0.4) is 0 Å². The smallest absolute Gasteiger partial charge is 0.276 e. The standard InChI is InChI=1S/C16H11BrClN3O2/c1-21-16(23)11-5-3-2-4-10(11)14(20-21)15(22)19-13-7-6-9(17)8-12(13)18/h2-8H,1H3,(H,19,22). The van der Waals surface area contributed by atoms with Crippen LogP contribution >= 0.6 is 27.5 Å². The van der Waals surface area contributed by atoms with Crippen molar-refractivity contribution in [2.75, 3.05) is 5.32 Å². The van der Waals surface area contributed by atoms with E-state index in [-0.39, 0.29) is 11.3 Å². The predicted octanol–water partition coefficient (Wildman–Crippen LogP) is 3.60. The number of anilines is 1. The van der Waals surface area contributed by atoms with Crippen LogP contribution in [0.1, 0.15) is 10.5 Å². The highest BCUT2D eigenvalue weighted by Gasteiger charge is 2.16. The zero-order chi connectivity index (χ0) is 16.6. The molecule has 0 aliphatic carbocycles. The van der Waals surface area contributed by atoms with E-state index < -0.39 is 5.91 Å². The molecule has 3 rings (SSSR count). The molecule has 0 spiro atoms. The Morgan fingerprint density at radius 3 is 2.61 bits per heavy atom. The lowest BCUT2D eigenvalue weighted by Crippen LogP contribution is -2.25. The molecular formula is C16H11BrClN3O2. The largest absolute Gasteiger partial charge is 0.319 e. The summed E-state index contributed by atoms with van der Waals surface area (Å²) >= 11 is 9.43. The summed E-state index contributed by atoms with van der Waals surface area (Å²) in [5.41, 5.74) is 0.389. The lowest BCUT2D eigenvalue weighted by Gasteiger charge is -2.10. The van der Waals surface area contributed by atoms with E-state index in [9.17, 15) is 9.59 Å². The Kier molecular flexibility index (Phi) is 4.19. The molecule has 0 aliphatic heterocycles. The van der Waals surface area contributed by atoms with Gasteiger partial charge in [-0.05, 0) is 24.3 Å². The molecule has 7 heteroatoms. The summed E-state index contributed by atoms with van der Waals surface area (Å²) in [6.45, 7) is 0. The van der Waals surface area contributed by atoms with Crippen molar-refractivity contribution >= 4 is 49.9 Å². The fraction of sp³-hybridized carbons (Fsp3) is 0.0625. The van der Waals surface area contributed by atoms with Crippen LogP contribution in [0.25, 0.3) is 10.8 Å². The maximum atomic E-state index is 12.6. The number of nitrogens with zero attached hydrogens (tertiary/aromatic N) is 2. The average molecular weight is 393 g/mol. The molecule has 1 aromatic heterocycles. The van der Waals surface area contributed by atoms with Crippen molar-refractivity contribution < 1.29 is 4.79 Å². The monoisotopic (exact) mass is 391 g/mol. The van der Waals surface area contributed by atoms with Crippen LogP contribution in [-0.2, 0) is 7.05 Å². The van der Waals surface area contributed by atoms with Gasteiger partial charge in [0.15, 0.2) is 5.69 Å². The van der Waals surface area contributed by atoms with Crippen molar-refractivity contribution in [1.29, 1.82) is 0 Å². The summed E-state index contributed by atoms with van der Waals surface area (Å²) in [5.74, 6) is -0.430. The maximum absolute atomic E-state index is 12.6. The first-order chi connectivity index (χ1) is 11.0. The number of aromatic nitrogens is 2. The third-order valence-corrected chi connectivity index (χ3v) is 4.16. The highest BCUT2D eigenvalue weighted by atomic mass is 79.9. The molecule has 5 nitrogen and oxygen atoms in total. The molecule has 1 N–H and O–H groups in total. The van der Waals surface area contributed by atoms with Crippen molar-refractivity contribution in [3.8, 4) is 0 Å². The Labute approximate surface area is 145 Å². The molecule has 0 saturated carbocycles. The van der Waals surface area contributed by atoms with E-state index in [0.717, 1.165) is 9.15 Å². The minimum Gasteiger partial charge on any atom is -0.319 e. The molecule has 0 aliphatic rings. The van der Waals surface area contributed by atoms with Gasteiger partial charge in [-0.25, -0.2) is 4.68 Å². The lowest BCUT2D eigenvalue weighted by atomic mass is 10.1. The molecule has 0 unspecified atom stereocenters. The molecule has 0 radical (unpaired) electrons. The second kappa shape index (κ2) is 6.14. The minimum atomic E-state index is -0.430. The second-order valence-electron chi connectivity index (χ2n) is 4.90. The van der Waals surface area contributed by atoms with Crippen LogP contribution in [0.4, 0.5) is 5.69 Å². The minimum absolute atomic E-state index is 0.168. The molecule has 116 valence electrons. The normalized spacial score (nSPS) is 10.7. The van der Waals surface area contributed by atoms with Gasteiger partial charge in [-0.3, -0.25) is 9.59 Å². The van der Waals surface area contributed by atoms with E-state index in [0.29, 0.717) is 21.5 Å². The number of aryl methyl sites for hydroxylation is 1. The molecule has 1 heterocycles. The Balaban J connectivity index is 2.08. The first-order valence-corrected chi connectivity index (χ1v) is 7.87. The van der Waals surface area contributed by atoms with Crippen LogP contribution in [0.2, 0.25) is 5.02 Å². The highest BCUT2D eigenvalue weighted by Crippen LogP contribution is 2.26. The van der Waals surface area contributed by atoms with E-state index in [1.807, 2.05) is 0 Å². The second-order valence-corrected chi connectivity index (χ2v) is 6.22. The predicted molar refractivity (Wildman–Crippen MR) is 94.1 cm³/mol. The number of halogens is 2. The van der Waals surface area contributed by atoms with Crippen LogP contribution in [0.15, 0.2) is 51.7 Å². The fourth-order valence-electron chi connectivity index (χ4n) is 2.24. The molecule has 0 atom stereocenters. The van der Waals surface area contributed by atoms with Gasteiger partial charge in [-0.15, -0.1) is 0 Å². The third kappa shape index (κ3) is 3.00. The van der Waals surface area contributed by atoms with E-state index in [2.05, 4.69) is 26.3 Å². The van der Waals surface area contributed by atoms with Gasteiger partial charge in [0.25, 0.3) is 11.5 Å². The van der Waals surface area contributed by atoms with Gasteiger partial charge >= 0.3 is 0 Å². The van der Waals surface area contributed by atoms with Gasteiger partial charge in [0.05, 0.1) is 16.1 Å². The van der Waals surface area contributed by atoms with E-state index in [1.54, 1.807) is 42.5 Å². The number of carbonyl (C=O) groups is 1. The SMILES string of the molecule is Cn1nc(C(=O)Nc2ccc(Br)cc2Cl)c2ccccc2c1=O. The lowest BCUT2D eigenvalue weighted by molar-refractivity contribution is 0.102. The molecular weight excluding hydrogens is 382 g/mol. The zero-order valence-corrected chi connectivity index (χ0v) is 14.4. The van der Waals surface area contributed by atoms with Crippen LogP contribution in [0, 0.1) is 0 Å². The summed E-state index contributed by atoms with van der Waals surface area (Å²) in [4.78, 5) is 24.7. The van der Waals surface area contributed by atoms with Gasteiger partial charge in [0.1, 0.15) is 0 Å². The van der Waals surface area contributed by atoms with Gasteiger partial charge in [-0.1, -0.05) is 45.7 Å². The molecule has 1 amide bonds. The number of nitrogens with one attached hydrogen (secondary N) is 1. The van der Waals surface area contributed by atoms with Crippen molar-refractivity contribution in [2.45, 2.75) is 0 Å². The van der Waals surface area contributed by atoms with Gasteiger partial charge in [0, 0.05) is 16.9 Å². The third-order valence-electron chi connectivity index (χ3n) is 3.35. The molecule has 3 aromatic rings. The fourth-order valence-corrected chi connectivity index (χ4v) is 2.96. The number of benzene rings is 2. The Morgan fingerprint density at radius 2 is 1.91 bits per heavy atom. The molecule has 2 aromatic carbocycles. The number of hydrogen-bond donors (Lipinski definition) is 1. The number of fused-ring (bicyclic) bond motifs is 1. The van der Waals surface area contributed by atoms with Crippen molar-refractivity contribution in [2.24, 2.45) is 7.05 Å². The highest BCUT2D eigenvalue weighted by molar-refractivity contribution is 9.10. The number of rotatable bonds is 2. The van der Waals surface area contributed by atoms with Gasteiger partial charge in [0.2, 0.25) is 0 Å². The van der Waals surface area contributed by atoms with Gasteiger partial charge < -0.3 is 5.32 Å². The summed E-state index contributed by atoms with van der Waals surface area (Å²) in [5, 5.41) is 8.15.